The molecule has 1 unspecified atom stereocenters. The van der Waals surface area contributed by atoms with E-state index in [1.165, 1.54) is 0 Å². The fraction of sp³-hybridized carbons (Fsp3) is 0.545. The van der Waals surface area contributed by atoms with Crippen LogP contribution < -0.4 is 11.1 Å². The zero-order valence-electron chi connectivity index (χ0n) is 9.25. The normalized spacial score (nSPS) is 12.5. The Labute approximate surface area is 89.8 Å². The van der Waals surface area contributed by atoms with Crippen LogP contribution in [0.2, 0.25) is 0 Å². The zero-order chi connectivity index (χ0) is 11.3. The van der Waals surface area contributed by atoms with Gasteiger partial charge in [0, 0.05) is 12.5 Å². The molecule has 0 saturated carbocycles. The van der Waals surface area contributed by atoms with Crippen molar-refractivity contribution in [3.63, 3.8) is 0 Å². The van der Waals surface area contributed by atoms with Crippen LogP contribution in [-0.4, -0.2) is 12.5 Å². The number of hydrogen-bond donors (Lipinski definition) is 2. The molecule has 0 radical (unpaired) electrons. The molecule has 4 heteroatoms. The molecular formula is C11H18N2O2. The summed E-state index contributed by atoms with van der Waals surface area (Å²) in [4.78, 5) is 11.6. The van der Waals surface area contributed by atoms with Gasteiger partial charge in [-0.05, 0) is 25.5 Å². The molecule has 0 aliphatic heterocycles. The Bertz CT molecular complexity index is 316. The Morgan fingerprint density at radius 3 is 2.80 bits per heavy atom. The van der Waals surface area contributed by atoms with Crippen LogP contribution in [0.1, 0.15) is 24.9 Å². The molecule has 0 fully saturated rings. The molecule has 1 aromatic rings. The number of aryl methyl sites for hydroxylation is 1. The van der Waals surface area contributed by atoms with Gasteiger partial charge in [-0.3, -0.25) is 4.79 Å². The molecule has 0 saturated heterocycles. The van der Waals surface area contributed by atoms with Gasteiger partial charge in [0.05, 0.1) is 6.54 Å². The number of amides is 1. The lowest BCUT2D eigenvalue weighted by molar-refractivity contribution is -0.125. The predicted molar refractivity (Wildman–Crippen MR) is 58.1 cm³/mol. The molecule has 84 valence electrons. The summed E-state index contributed by atoms with van der Waals surface area (Å²) in [7, 11) is 0. The molecule has 1 heterocycles. The van der Waals surface area contributed by atoms with Gasteiger partial charge in [-0.1, -0.05) is 6.92 Å². The fourth-order valence-electron chi connectivity index (χ4n) is 1.36. The van der Waals surface area contributed by atoms with Gasteiger partial charge in [0.1, 0.15) is 11.5 Å². The van der Waals surface area contributed by atoms with Crippen LogP contribution in [0.15, 0.2) is 16.5 Å². The minimum Gasteiger partial charge on any atom is -0.465 e. The van der Waals surface area contributed by atoms with E-state index >= 15 is 0 Å². The quantitative estimate of drug-likeness (QED) is 0.767. The third-order valence-electron chi connectivity index (χ3n) is 2.38. The first-order valence-corrected chi connectivity index (χ1v) is 5.20. The molecule has 15 heavy (non-hydrogen) atoms. The largest absolute Gasteiger partial charge is 0.465 e. The number of rotatable bonds is 5. The van der Waals surface area contributed by atoms with E-state index < -0.39 is 0 Å². The molecule has 4 nitrogen and oxygen atoms in total. The van der Waals surface area contributed by atoms with E-state index in [-0.39, 0.29) is 11.8 Å². The highest BCUT2D eigenvalue weighted by Crippen LogP contribution is 2.06. The molecule has 0 aliphatic rings. The van der Waals surface area contributed by atoms with E-state index in [1.807, 2.05) is 26.0 Å². The molecule has 0 aromatic carbocycles. The van der Waals surface area contributed by atoms with Crippen LogP contribution in [0.4, 0.5) is 0 Å². The van der Waals surface area contributed by atoms with Crippen LogP contribution in [0.25, 0.3) is 0 Å². The standard InChI is InChI=1S/C11H18N2O2/c1-3-9(6-12)11(14)13-7-10-5-4-8(2)15-10/h4-5,9H,3,6-7,12H2,1-2H3,(H,13,14). The third-order valence-corrected chi connectivity index (χ3v) is 2.38. The average molecular weight is 210 g/mol. The van der Waals surface area contributed by atoms with Crippen molar-refractivity contribution in [3.8, 4) is 0 Å². The van der Waals surface area contributed by atoms with Crippen molar-refractivity contribution >= 4 is 5.91 Å². The topological polar surface area (TPSA) is 68.3 Å². The van der Waals surface area contributed by atoms with Crippen molar-refractivity contribution in [1.29, 1.82) is 0 Å². The number of nitrogens with two attached hydrogens (primary N) is 1. The highest BCUT2D eigenvalue weighted by atomic mass is 16.3. The predicted octanol–water partition coefficient (Wildman–Crippen LogP) is 1.19. The van der Waals surface area contributed by atoms with Crippen molar-refractivity contribution in [2.75, 3.05) is 6.54 Å². The second kappa shape index (κ2) is 5.56. The van der Waals surface area contributed by atoms with Gasteiger partial charge in [0.2, 0.25) is 5.91 Å². The minimum atomic E-state index is -0.0962. The SMILES string of the molecule is CCC(CN)C(=O)NCc1ccc(C)o1. The van der Waals surface area contributed by atoms with Crippen LogP contribution in [0.3, 0.4) is 0 Å². The molecule has 0 spiro atoms. The van der Waals surface area contributed by atoms with Gasteiger partial charge in [0.15, 0.2) is 0 Å². The van der Waals surface area contributed by atoms with E-state index in [9.17, 15) is 4.79 Å². The van der Waals surface area contributed by atoms with E-state index in [1.54, 1.807) is 0 Å². The first-order valence-electron chi connectivity index (χ1n) is 5.20. The Balaban J connectivity index is 2.40. The van der Waals surface area contributed by atoms with E-state index in [4.69, 9.17) is 10.2 Å². The maximum absolute atomic E-state index is 11.6. The zero-order valence-corrected chi connectivity index (χ0v) is 9.25. The van der Waals surface area contributed by atoms with Crippen LogP contribution in [-0.2, 0) is 11.3 Å². The van der Waals surface area contributed by atoms with E-state index in [0.29, 0.717) is 13.1 Å². The van der Waals surface area contributed by atoms with Crippen molar-refractivity contribution < 1.29 is 9.21 Å². The molecular weight excluding hydrogens is 192 g/mol. The van der Waals surface area contributed by atoms with Crippen molar-refractivity contribution in [2.45, 2.75) is 26.8 Å². The molecule has 3 N–H and O–H groups in total. The summed E-state index contributed by atoms with van der Waals surface area (Å²) in [5, 5.41) is 2.80. The first-order chi connectivity index (χ1) is 7.17. The fourth-order valence-corrected chi connectivity index (χ4v) is 1.36. The smallest absolute Gasteiger partial charge is 0.224 e. The number of hydrogen-bond acceptors (Lipinski definition) is 3. The summed E-state index contributed by atoms with van der Waals surface area (Å²) in [6, 6.07) is 3.74. The van der Waals surface area contributed by atoms with Gasteiger partial charge in [-0.2, -0.15) is 0 Å². The highest BCUT2D eigenvalue weighted by molar-refractivity contribution is 5.78. The maximum Gasteiger partial charge on any atom is 0.224 e. The molecule has 0 aliphatic carbocycles. The molecule has 1 atom stereocenters. The summed E-state index contributed by atoms with van der Waals surface area (Å²) < 4.78 is 5.33. The number of nitrogens with one attached hydrogen (secondary N) is 1. The summed E-state index contributed by atoms with van der Waals surface area (Å²) in [5.41, 5.74) is 5.47. The van der Waals surface area contributed by atoms with Crippen molar-refractivity contribution in [3.05, 3.63) is 23.7 Å². The van der Waals surface area contributed by atoms with Crippen LogP contribution in [0.5, 0.6) is 0 Å². The highest BCUT2D eigenvalue weighted by Gasteiger charge is 2.14. The van der Waals surface area contributed by atoms with Gasteiger partial charge >= 0.3 is 0 Å². The average Bonchev–Trinajstić information content (AvgIpc) is 2.63. The van der Waals surface area contributed by atoms with Gasteiger partial charge < -0.3 is 15.5 Å². The van der Waals surface area contributed by atoms with Crippen molar-refractivity contribution in [1.82, 2.24) is 5.32 Å². The van der Waals surface area contributed by atoms with E-state index in [0.717, 1.165) is 17.9 Å². The lowest BCUT2D eigenvalue weighted by atomic mass is 10.1. The van der Waals surface area contributed by atoms with E-state index in [2.05, 4.69) is 5.32 Å². The Kier molecular flexibility index (Phi) is 4.37. The van der Waals surface area contributed by atoms with Crippen LogP contribution in [0, 0.1) is 12.8 Å². The Morgan fingerprint density at radius 2 is 2.33 bits per heavy atom. The minimum absolute atomic E-state index is 0.00551. The number of carbonyl (C=O) groups excluding carboxylic acids is 1. The molecule has 1 amide bonds. The molecule has 1 aromatic heterocycles. The second-order valence-corrected chi connectivity index (χ2v) is 3.57. The molecule has 0 bridgehead atoms. The number of furan rings is 1. The molecule has 1 rings (SSSR count). The Morgan fingerprint density at radius 1 is 1.60 bits per heavy atom. The lowest BCUT2D eigenvalue weighted by Gasteiger charge is -2.11. The monoisotopic (exact) mass is 210 g/mol. The van der Waals surface area contributed by atoms with Gasteiger partial charge in [0.25, 0.3) is 0 Å². The second-order valence-electron chi connectivity index (χ2n) is 3.57. The maximum atomic E-state index is 11.6. The Hall–Kier alpha value is -1.29. The first kappa shape index (κ1) is 11.8. The van der Waals surface area contributed by atoms with Crippen LogP contribution >= 0.6 is 0 Å². The summed E-state index contributed by atoms with van der Waals surface area (Å²) in [5.74, 6) is 1.52. The van der Waals surface area contributed by atoms with Gasteiger partial charge in [-0.15, -0.1) is 0 Å². The lowest BCUT2D eigenvalue weighted by Crippen LogP contribution is -2.34. The summed E-state index contributed by atoms with van der Waals surface area (Å²) in [6.45, 7) is 4.65. The number of carbonyl (C=O) groups is 1. The van der Waals surface area contributed by atoms with Crippen molar-refractivity contribution in [2.24, 2.45) is 11.7 Å². The third kappa shape index (κ3) is 3.40. The summed E-state index contributed by atoms with van der Waals surface area (Å²) in [6.07, 6.45) is 0.763. The van der Waals surface area contributed by atoms with Gasteiger partial charge in [-0.25, -0.2) is 0 Å². The summed E-state index contributed by atoms with van der Waals surface area (Å²) >= 11 is 0.